The van der Waals surface area contributed by atoms with Crippen molar-refractivity contribution in [3.63, 3.8) is 0 Å². The lowest BCUT2D eigenvalue weighted by Gasteiger charge is -2.18. The van der Waals surface area contributed by atoms with Crippen molar-refractivity contribution in [2.24, 2.45) is 0 Å². The van der Waals surface area contributed by atoms with Crippen molar-refractivity contribution in [1.29, 1.82) is 0 Å². The smallest absolute Gasteiger partial charge is 0.148 e. The van der Waals surface area contributed by atoms with Crippen LogP contribution in [0.15, 0.2) is 60.7 Å². The Balaban J connectivity index is 1.98. The highest BCUT2D eigenvalue weighted by atomic mass is 15.5. The summed E-state index contributed by atoms with van der Waals surface area (Å²) in [6.45, 7) is 1.93. The minimum absolute atomic E-state index is 0.119. The van der Waals surface area contributed by atoms with Gasteiger partial charge in [0.05, 0.1) is 6.04 Å². The molecule has 3 aromatic rings. The molecule has 0 N–H and O–H groups in total. The van der Waals surface area contributed by atoms with Gasteiger partial charge in [-0.15, -0.1) is 5.10 Å². The van der Waals surface area contributed by atoms with Gasteiger partial charge in [0.2, 0.25) is 0 Å². The molecule has 20 heavy (non-hydrogen) atoms. The maximum Gasteiger partial charge on any atom is 0.148 e. The standard InChI is InChI=1S/C16H16N4/c1-13-17-18-19-20(13)16(15-10-6-3-7-11-15)12-14-8-4-2-5-9-14/h2-11,16H,12H2,1H3. The Morgan fingerprint density at radius 3 is 2.20 bits per heavy atom. The Morgan fingerprint density at radius 1 is 0.950 bits per heavy atom. The predicted octanol–water partition coefficient (Wildman–Crippen LogP) is 2.81. The minimum Gasteiger partial charge on any atom is -0.222 e. The van der Waals surface area contributed by atoms with Crippen LogP contribution < -0.4 is 0 Å². The van der Waals surface area contributed by atoms with Crippen molar-refractivity contribution in [2.75, 3.05) is 0 Å². The van der Waals surface area contributed by atoms with E-state index in [-0.39, 0.29) is 6.04 Å². The molecule has 0 saturated carbocycles. The molecule has 0 amide bonds. The van der Waals surface area contributed by atoms with Gasteiger partial charge in [-0.25, -0.2) is 4.68 Å². The first-order valence-corrected chi connectivity index (χ1v) is 6.68. The van der Waals surface area contributed by atoms with Gasteiger partial charge in [0.1, 0.15) is 5.82 Å². The van der Waals surface area contributed by atoms with Gasteiger partial charge in [0.15, 0.2) is 0 Å². The molecule has 100 valence electrons. The monoisotopic (exact) mass is 264 g/mol. The fourth-order valence-electron chi connectivity index (χ4n) is 2.38. The van der Waals surface area contributed by atoms with Crippen LogP contribution in [0.5, 0.6) is 0 Å². The Morgan fingerprint density at radius 2 is 1.60 bits per heavy atom. The van der Waals surface area contributed by atoms with Crippen molar-refractivity contribution in [3.8, 4) is 0 Å². The zero-order chi connectivity index (χ0) is 13.8. The van der Waals surface area contributed by atoms with E-state index < -0.39 is 0 Å². The van der Waals surface area contributed by atoms with Crippen molar-refractivity contribution in [3.05, 3.63) is 77.6 Å². The van der Waals surface area contributed by atoms with E-state index in [0.29, 0.717) is 0 Å². The van der Waals surface area contributed by atoms with Gasteiger partial charge in [0.25, 0.3) is 0 Å². The molecule has 0 saturated heterocycles. The number of nitrogens with zero attached hydrogens (tertiary/aromatic N) is 4. The molecule has 4 heteroatoms. The fourth-order valence-corrected chi connectivity index (χ4v) is 2.38. The summed E-state index contributed by atoms with van der Waals surface area (Å²) in [7, 11) is 0. The molecule has 3 rings (SSSR count). The summed E-state index contributed by atoms with van der Waals surface area (Å²) in [5.41, 5.74) is 2.49. The van der Waals surface area contributed by atoms with Crippen molar-refractivity contribution in [2.45, 2.75) is 19.4 Å². The first-order chi connectivity index (χ1) is 9.84. The van der Waals surface area contributed by atoms with Gasteiger partial charge >= 0.3 is 0 Å². The molecule has 0 spiro atoms. The Labute approximate surface area is 118 Å². The molecule has 1 aromatic heterocycles. The maximum atomic E-state index is 4.14. The van der Waals surface area contributed by atoms with E-state index in [4.69, 9.17) is 0 Å². The van der Waals surface area contributed by atoms with Crippen LogP contribution >= 0.6 is 0 Å². The summed E-state index contributed by atoms with van der Waals surface area (Å²) >= 11 is 0. The first-order valence-electron chi connectivity index (χ1n) is 6.68. The summed E-state index contributed by atoms with van der Waals surface area (Å²) in [6.07, 6.45) is 0.872. The van der Waals surface area contributed by atoms with Crippen LogP contribution in [0.4, 0.5) is 0 Å². The number of benzene rings is 2. The third-order valence-corrected chi connectivity index (χ3v) is 3.41. The van der Waals surface area contributed by atoms with E-state index in [9.17, 15) is 0 Å². The number of aryl methyl sites for hydroxylation is 1. The van der Waals surface area contributed by atoms with E-state index in [2.05, 4.69) is 51.9 Å². The molecule has 4 nitrogen and oxygen atoms in total. The molecule has 1 unspecified atom stereocenters. The second-order valence-corrected chi connectivity index (χ2v) is 4.79. The molecular formula is C16H16N4. The fraction of sp³-hybridized carbons (Fsp3) is 0.188. The quantitative estimate of drug-likeness (QED) is 0.727. The van der Waals surface area contributed by atoms with E-state index in [1.54, 1.807) is 0 Å². The highest BCUT2D eigenvalue weighted by Crippen LogP contribution is 2.22. The van der Waals surface area contributed by atoms with Crippen LogP contribution in [0.25, 0.3) is 0 Å². The number of aromatic nitrogens is 4. The van der Waals surface area contributed by atoms with Gasteiger partial charge in [-0.1, -0.05) is 60.7 Å². The van der Waals surface area contributed by atoms with E-state index in [1.807, 2.05) is 35.9 Å². The van der Waals surface area contributed by atoms with E-state index in [0.717, 1.165) is 12.2 Å². The third-order valence-electron chi connectivity index (χ3n) is 3.41. The second kappa shape index (κ2) is 5.65. The van der Waals surface area contributed by atoms with Crippen molar-refractivity contribution >= 4 is 0 Å². The molecular weight excluding hydrogens is 248 g/mol. The summed E-state index contributed by atoms with van der Waals surface area (Å²) < 4.78 is 1.89. The molecule has 0 fully saturated rings. The molecule has 0 aliphatic heterocycles. The lowest BCUT2D eigenvalue weighted by molar-refractivity contribution is 0.493. The van der Waals surface area contributed by atoms with E-state index in [1.165, 1.54) is 11.1 Å². The minimum atomic E-state index is 0.119. The largest absolute Gasteiger partial charge is 0.222 e. The Hall–Kier alpha value is -2.49. The van der Waals surface area contributed by atoms with E-state index >= 15 is 0 Å². The number of rotatable bonds is 4. The van der Waals surface area contributed by atoms with Crippen molar-refractivity contribution < 1.29 is 0 Å². The molecule has 0 bridgehead atoms. The zero-order valence-electron chi connectivity index (χ0n) is 11.3. The number of tetrazole rings is 1. The second-order valence-electron chi connectivity index (χ2n) is 4.79. The summed E-state index contributed by atoms with van der Waals surface area (Å²) in [5.74, 6) is 0.829. The molecule has 1 heterocycles. The zero-order valence-corrected chi connectivity index (χ0v) is 11.3. The van der Waals surface area contributed by atoms with Crippen LogP contribution in [-0.2, 0) is 6.42 Å². The normalized spacial score (nSPS) is 12.2. The Bertz CT molecular complexity index is 661. The van der Waals surface area contributed by atoms with Crippen molar-refractivity contribution in [1.82, 2.24) is 20.2 Å². The molecule has 0 radical (unpaired) electrons. The van der Waals surface area contributed by atoms with Crippen LogP contribution in [0.2, 0.25) is 0 Å². The maximum absolute atomic E-state index is 4.14. The number of hydrogen-bond donors (Lipinski definition) is 0. The SMILES string of the molecule is Cc1nnnn1C(Cc1ccccc1)c1ccccc1. The van der Waals surface area contributed by atoms with Crippen LogP contribution in [0.3, 0.4) is 0 Å². The van der Waals surface area contributed by atoms with Gasteiger partial charge in [-0.05, 0) is 34.9 Å². The predicted molar refractivity (Wildman–Crippen MR) is 77.3 cm³/mol. The average molecular weight is 264 g/mol. The van der Waals surface area contributed by atoms with Gasteiger partial charge < -0.3 is 0 Å². The lowest BCUT2D eigenvalue weighted by Crippen LogP contribution is -2.16. The molecule has 0 aliphatic rings. The van der Waals surface area contributed by atoms with Gasteiger partial charge in [-0.3, -0.25) is 0 Å². The highest BCUT2D eigenvalue weighted by Gasteiger charge is 2.17. The average Bonchev–Trinajstić information content (AvgIpc) is 2.93. The van der Waals surface area contributed by atoms with Crippen LogP contribution in [0.1, 0.15) is 23.0 Å². The Kier molecular flexibility index (Phi) is 3.54. The van der Waals surface area contributed by atoms with Gasteiger partial charge in [0, 0.05) is 0 Å². The molecule has 1 atom stereocenters. The number of hydrogen-bond acceptors (Lipinski definition) is 3. The topological polar surface area (TPSA) is 43.6 Å². The van der Waals surface area contributed by atoms with Crippen LogP contribution in [-0.4, -0.2) is 20.2 Å². The summed E-state index contributed by atoms with van der Waals surface area (Å²) in [5, 5.41) is 11.9. The van der Waals surface area contributed by atoms with Crippen LogP contribution in [0, 0.1) is 6.92 Å². The first kappa shape index (κ1) is 12.5. The van der Waals surface area contributed by atoms with Gasteiger partial charge in [-0.2, -0.15) is 0 Å². The lowest BCUT2D eigenvalue weighted by atomic mass is 9.99. The summed E-state index contributed by atoms with van der Waals surface area (Å²) in [6, 6.07) is 20.9. The summed E-state index contributed by atoms with van der Waals surface area (Å²) in [4.78, 5) is 0. The molecule has 0 aliphatic carbocycles. The highest BCUT2D eigenvalue weighted by molar-refractivity contribution is 5.24. The third kappa shape index (κ3) is 2.59. The molecule has 2 aromatic carbocycles.